The summed E-state index contributed by atoms with van der Waals surface area (Å²) in [6, 6.07) is 1.89. The Balaban J connectivity index is 1.35. The smallest absolute Gasteiger partial charge is 0.261 e. The van der Waals surface area contributed by atoms with Gasteiger partial charge in [-0.2, -0.15) is 0 Å². The molecule has 0 saturated carbocycles. The molecular weight excluding hydrogens is 332 g/mol. The molecule has 4 heterocycles. The van der Waals surface area contributed by atoms with Crippen LogP contribution in [0.4, 0.5) is 0 Å². The number of hydrogen-bond acceptors (Lipinski definition) is 5. The van der Waals surface area contributed by atoms with Gasteiger partial charge in [0.05, 0.1) is 10.4 Å². The summed E-state index contributed by atoms with van der Waals surface area (Å²) < 4.78 is 2.01. The Kier molecular flexibility index (Phi) is 3.78. The highest BCUT2D eigenvalue weighted by atomic mass is 32.1. The van der Waals surface area contributed by atoms with Crippen LogP contribution in [-0.2, 0) is 4.79 Å². The molecule has 1 fully saturated rings. The third-order valence-electron chi connectivity index (χ3n) is 4.03. The molecule has 6 nitrogen and oxygen atoms in total. The summed E-state index contributed by atoms with van der Waals surface area (Å²) in [5.74, 6) is 0.168. The van der Waals surface area contributed by atoms with Crippen molar-refractivity contribution in [3.8, 4) is 0 Å². The summed E-state index contributed by atoms with van der Waals surface area (Å²) in [5.41, 5.74) is 0.985. The summed E-state index contributed by atoms with van der Waals surface area (Å²) >= 11 is 3.00. The van der Waals surface area contributed by atoms with E-state index < -0.39 is 0 Å². The average molecular weight is 348 g/mol. The topological polar surface area (TPSA) is 66.7 Å². The molecule has 1 N–H and O–H groups in total. The first-order valence-corrected chi connectivity index (χ1v) is 9.33. The summed E-state index contributed by atoms with van der Waals surface area (Å²) in [4.78, 5) is 32.7. The van der Waals surface area contributed by atoms with Crippen molar-refractivity contribution in [2.45, 2.75) is 19.3 Å². The summed E-state index contributed by atoms with van der Waals surface area (Å²) in [6.45, 7) is 2.16. The van der Waals surface area contributed by atoms with Gasteiger partial charge in [-0.1, -0.05) is 0 Å². The highest BCUT2D eigenvalue weighted by Gasteiger charge is 2.19. The molecule has 0 bridgehead atoms. The molecule has 0 spiro atoms. The number of fused-ring (bicyclic) bond motifs is 3. The lowest BCUT2D eigenvalue weighted by Crippen LogP contribution is -2.30. The first-order valence-electron chi connectivity index (χ1n) is 7.63. The molecule has 1 aliphatic heterocycles. The molecule has 1 saturated heterocycles. The molecule has 0 aliphatic carbocycles. The van der Waals surface area contributed by atoms with Crippen molar-refractivity contribution in [1.29, 1.82) is 0 Å². The molecule has 0 radical (unpaired) electrons. The van der Waals surface area contributed by atoms with Crippen molar-refractivity contribution in [2.24, 2.45) is 0 Å². The van der Waals surface area contributed by atoms with Crippen LogP contribution in [0.1, 0.15) is 28.9 Å². The van der Waals surface area contributed by atoms with E-state index in [0.717, 1.165) is 41.2 Å². The molecular formula is C15H16N4O2S2. The Morgan fingerprint density at radius 1 is 1.43 bits per heavy atom. The number of nitrogens with zero attached hydrogens (tertiary/aromatic N) is 3. The lowest BCUT2D eigenvalue weighted by Gasteiger charge is -2.15. The van der Waals surface area contributed by atoms with E-state index in [1.54, 1.807) is 11.3 Å². The fourth-order valence-corrected chi connectivity index (χ4v) is 4.58. The van der Waals surface area contributed by atoms with Crippen molar-refractivity contribution < 1.29 is 9.59 Å². The number of amides is 2. The maximum Gasteiger partial charge on any atom is 0.261 e. The van der Waals surface area contributed by atoms with Crippen molar-refractivity contribution in [3.63, 3.8) is 0 Å². The molecule has 23 heavy (non-hydrogen) atoms. The number of thiazole rings is 1. The summed E-state index contributed by atoms with van der Waals surface area (Å²) in [5, 5.41) is 4.91. The number of thiophene rings is 1. The second-order valence-corrected chi connectivity index (χ2v) is 7.47. The highest BCUT2D eigenvalue weighted by molar-refractivity contribution is 7.21. The van der Waals surface area contributed by atoms with Gasteiger partial charge in [-0.3, -0.25) is 14.0 Å². The number of aromatic nitrogens is 2. The van der Waals surface area contributed by atoms with Crippen molar-refractivity contribution >= 4 is 49.8 Å². The predicted molar refractivity (Wildman–Crippen MR) is 91.2 cm³/mol. The Morgan fingerprint density at radius 2 is 2.35 bits per heavy atom. The van der Waals surface area contributed by atoms with E-state index in [4.69, 9.17) is 0 Å². The minimum absolute atomic E-state index is 0.0651. The van der Waals surface area contributed by atoms with Crippen LogP contribution in [0.5, 0.6) is 0 Å². The maximum atomic E-state index is 12.2. The molecule has 0 aromatic carbocycles. The van der Waals surface area contributed by atoms with E-state index >= 15 is 0 Å². The lowest BCUT2D eigenvalue weighted by molar-refractivity contribution is -0.127. The number of carbonyl (C=O) groups is 2. The van der Waals surface area contributed by atoms with E-state index in [9.17, 15) is 9.59 Å². The standard InChI is InChI=1S/C15H16N4O2S2/c20-12-3-1-5-18(12)6-2-4-16-13(21)11-9-10-14(23-11)17-15-19(10)7-8-22-15/h7-9H,1-6H2,(H,16,21). The zero-order valence-electron chi connectivity index (χ0n) is 12.4. The number of imidazole rings is 1. The predicted octanol–water partition coefficient (Wildman–Crippen LogP) is 2.35. The first-order chi connectivity index (χ1) is 11.2. The van der Waals surface area contributed by atoms with Crippen LogP contribution < -0.4 is 5.32 Å². The second-order valence-electron chi connectivity index (χ2n) is 5.56. The number of likely N-dealkylation sites (tertiary alicyclic amines) is 1. The van der Waals surface area contributed by atoms with Gasteiger partial charge >= 0.3 is 0 Å². The van der Waals surface area contributed by atoms with E-state index in [2.05, 4.69) is 10.3 Å². The minimum Gasteiger partial charge on any atom is -0.351 e. The van der Waals surface area contributed by atoms with E-state index in [1.165, 1.54) is 11.3 Å². The molecule has 4 rings (SSSR count). The van der Waals surface area contributed by atoms with Gasteiger partial charge in [0.1, 0.15) is 4.83 Å². The second kappa shape index (κ2) is 5.93. The molecule has 3 aromatic rings. The van der Waals surface area contributed by atoms with Gasteiger partial charge in [0.15, 0.2) is 4.96 Å². The van der Waals surface area contributed by atoms with Gasteiger partial charge in [-0.05, 0) is 18.9 Å². The van der Waals surface area contributed by atoms with E-state index in [-0.39, 0.29) is 11.8 Å². The highest BCUT2D eigenvalue weighted by Crippen LogP contribution is 2.28. The summed E-state index contributed by atoms with van der Waals surface area (Å²) in [6.07, 6.45) is 4.38. The van der Waals surface area contributed by atoms with Crippen LogP contribution in [0.25, 0.3) is 15.3 Å². The lowest BCUT2D eigenvalue weighted by atomic mass is 10.3. The molecule has 1 aliphatic rings. The van der Waals surface area contributed by atoms with Gasteiger partial charge in [-0.25, -0.2) is 4.98 Å². The summed E-state index contributed by atoms with van der Waals surface area (Å²) in [7, 11) is 0. The SMILES string of the molecule is O=C(NCCCN1CCCC1=O)c1cc2c(nc3sccn32)s1. The minimum atomic E-state index is -0.0651. The molecule has 0 unspecified atom stereocenters. The van der Waals surface area contributed by atoms with Crippen molar-refractivity contribution in [1.82, 2.24) is 19.6 Å². The zero-order valence-corrected chi connectivity index (χ0v) is 14.1. The third kappa shape index (κ3) is 2.72. The number of hydrogen-bond donors (Lipinski definition) is 1. The average Bonchev–Trinajstić information content (AvgIpc) is 3.25. The normalized spacial score (nSPS) is 15.1. The monoisotopic (exact) mass is 348 g/mol. The van der Waals surface area contributed by atoms with Crippen LogP contribution >= 0.6 is 22.7 Å². The largest absolute Gasteiger partial charge is 0.351 e. The Bertz CT molecular complexity index is 879. The van der Waals surface area contributed by atoms with Crippen LogP contribution in [-0.4, -0.2) is 45.7 Å². The van der Waals surface area contributed by atoms with Gasteiger partial charge in [0.2, 0.25) is 5.91 Å². The van der Waals surface area contributed by atoms with Gasteiger partial charge in [0, 0.05) is 37.6 Å². The molecule has 120 valence electrons. The van der Waals surface area contributed by atoms with E-state index in [0.29, 0.717) is 17.8 Å². The molecule has 0 atom stereocenters. The Labute approximate surface area is 140 Å². The first kappa shape index (κ1) is 14.6. The van der Waals surface area contributed by atoms with Crippen LogP contribution in [0.15, 0.2) is 17.6 Å². The molecule has 8 heteroatoms. The van der Waals surface area contributed by atoms with Gasteiger partial charge < -0.3 is 10.2 Å². The number of nitrogens with one attached hydrogen (secondary N) is 1. The van der Waals surface area contributed by atoms with Crippen molar-refractivity contribution in [2.75, 3.05) is 19.6 Å². The van der Waals surface area contributed by atoms with Crippen LogP contribution in [0, 0.1) is 0 Å². The third-order valence-corrected chi connectivity index (χ3v) is 5.80. The molecule has 3 aromatic heterocycles. The Morgan fingerprint density at radius 3 is 3.17 bits per heavy atom. The van der Waals surface area contributed by atoms with Crippen LogP contribution in [0.3, 0.4) is 0 Å². The maximum absolute atomic E-state index is 12.2. The van der Waals surface area contributed by atoms with Gasteiger partial charge in [0.25, 0.3) is 5.91 Å². The zero-order chi connectivity index (χ0) is 15.8. The van der Waals surface area contributed by atoms with E-state index in [1.807, 2.05) is 26.9 Å². The Hall–Kier alpha value is -1.93. The molecule has 2 amide bonds. The number of carbonyl (C=O) groups excluding carboxylic acids is 2. The number of rotatable bonds is 5. The van der Waals surface area contributed by atoms with Gasteiger partial charge in [-0.15, -0.1) is 22.7 Å². The quantitative estimate of drug-likeness (QED) is 0.720. The van der Waals surface area contributed by atoms with Crippen molar-refractivity contribution in [3.05, 3.63) is 22.5 Å². The van der Waals surface area contributed by atoms with Crippen LogP contribution in [0.2, 0.25) is 0 Å². The fraction of sp³-hybridized carbons (Fsp3) is 0.400. The fourth-order valence-electron chi connectivity index (χ4n) is 2.86.